The summed E-state index contributed by atoms with van der Waals surface area (Å²) in [5.74, 6) is 0.444. The van der Waals surface area contributed by atoms with Crippen molar-refractivity contribution >= 4 is 34.0 Å². The lowest BCUT2D eigenvalue weighted by molar-refractivity contribution is -0.0297. The minimum absolute atomic E-state index is 0.00969. The van der Waals surface area contributed by atoms with Crippen LogP contribution in [0.5, 0.6) is 0 Å². The molecule has 1 aromatic carbocycles. The molecular weight excluding hydrogens is 813 g/mol. The van der Waals surface area contributed by atoms with E-state index >= 15 is 0 Å². The molecule has 2 bridgehead atoms. The van der Waals surface area contributed by atoms with Crippen molar-refractivity contribution in [3.63, 3.8) is 0 Å². The third kappa shape index (κ3) is 7.46. The Bertz CT molecular complexity index is 2630. The molecule has 1 aliphatic carbocycles. The van der Waals surface area contributed by atoms with Gasteiger partial charge in [-0.1, -0.05) is 12.1 Å². The second kappa shape index (κ2) is 16.3. The molecule has 5 fully saturated rings. The first kappa shape index (κ1) is 40.4. The summed E-state index contributed by atoms with van der Waals surface area (Å²) in [5, 5.41) is 46.1. The summed E-state index contributed by atoms with van der Waals surface area (Å²) in [6, 6.07) is 7.98. The number of carbonyl (C=O) groups is 1. The van der Waals surface area contributed by atoms with Crippen molar-refractivity contribution in [2.45, 2.75) is 114 Å². The molecule has 1 amide bonds. The fraction of sp³-hybridized carbons (Fsp3) is 0.545. The van der Waals surface area contributed by atoms with Gasteiger partial charge in [0.1, 0.15) is 18.0 Å². The van der Waals surface area contributed by atoms with Crippen LogP contribution < -0.4 is 15.5 Å². The molecule has 332 valence electrons. The number of rotatable bonds is 10. The third-order valence-electron chi connectivity index (χ3n) is 14.2. The Labute approximate surface area is 362 Å². The van der Waals surface area contributed by atoms with Gasteiger partial charge in [0.15, 0.2) is 17.2 Å². The summed E-state index contributed by atoms with van der Waals surface area (Å²) in [7, 11) is 0. The van der Waals surface area contributed by atoms with Gasteiger partial charge in [-0.3, -0.25) is 24.2 Å². The summed E-state index contributed by atoms with van der Waals surface area (Å²) in [4.78, 5) is 23.0. The van der Waals surface area contributed by atoms with Gasteiger partial charge in [0.25, 0.3) is 12.3 Å². The highest BCUT2D eigenvalue weighted by atomic mass is 19.3. The smallest absolute Gasteiger partial charge is 0.284 e. The Morgan fingerprint density at radius 2 is 1.79 bits per heavy atom. The monoisotopic (exact) mass is 865 g/mol. The average molecular weight is 866 g/mol. The summed E-state index contributed by atoms with van der Waals surface area (Å²) >= 11 is 0. The van der Waals surface area contributed by atoms with Gasteiger partial charge in [-0.2, -0.15) is 15.3 Å². The lowest BCUT2D eigenvalue weighted by Crippen LogP contribution is -2.48. The topological polar surface area (TPSA) is 181 Å². The molecule has 9 heterocycles. The van der Waals surface area contributed by atoms with E-state index in [1.165, 1.54) is 0 Å². The van der Waals surface area contributed by atoms with Crippen LogP contribution in [0.4, 0.5) is 20.3 Å². The number of alkyl halides is 2. The second-order valence-corrected chi connectivity index (χ2v) is 18.2. The van der Waals surface area contributed by atoms with Crippen LogP contribution in [-0.4, -0.2) is 122 Å². The third-order valence-corrected chi connectivity index (χ3v) is 14.2. The van der Waals surface area contributed by atoms with Crippen molar-refractivity contribution in [2.75, 3.05) is 43.0 Å². The van der Waals surface area contributed by atoms with Crippen molar-refractivity contribution in [2.24, 2.45) is 5.92 Å². The summed E-state index contributed by atoms with van der Waals surface area (Å²) in [6.07, 6.45) is 12.2. The van der Waals surface area contributed by atoms with Crippen molar-refractivity contribution < 1.29 is 28.5 Å². The molecule has 1 saturated carbocycles. The maximum Gasteiger partial charge on any atom is 0.284 e. The molecule has 19 heteroatoms. The minimum atomic E-state index is -2.86. The number of fused-ring (bicyclic) bond motifs is 4. The van der Waals surface area contributed by atoms with Gasteiger partial charge in [-0.25, -0.2) is 18.3 Å². The number of ether oxygens (including phenoxy) is 1. The van der Waals surface area contributed by atoms with E-state index in [0.29, 0.717) is 49.4 Å². The van der Waals surface area contributed by atoms with E-state index in [4.69, 9.17) is 14.9 Å². The molecule has 4 aliphatic heterocycles. The number of benzene rings is 1. The summed E-state index contributed by atoms with van der Waals surface area (Å²) < 4.78 is 41.9. The van der Waals surface area contributed by atoms with E-state index in [9.17, 15) is 23.8 Å². The van der Waals surface area contributed by atoms with Crippen LogP contribution in [0.1, 0.15) is 104 Å². The van der Waals surface area contributed by atoms with Crippen molar-refractivity contribution in [1.29, 1.82) is 0 Å². The van der Waals surface area contributed by atoms with E-state index in [2.05, 4.69) is 52.6 Å². The highest BCUT2D eigenvalue weighted by Gasteiger charge is 2.42. The Balaban J connectivity index is 0.705. The van der Waals surface area contributed by atoms with Gasteiger partial charge in [0.05, 0.1) is 60.0 Å². The number of carbonyl (C=O) groups excluding carboxylic acids is 1. The van der Waals surface area contributed by atoms with Crippen molar-refractivity contribution in [3.8, 4) is 11.1 Å². The van der Waals surface area contributed by atoms with E-state index in [0.717, 1.165) is 92.3 Å². The molecule has 0 spiro atoms. The number of nitrogens with one attached hydrogen (secondary N) is 2. The fourth-order valence-corrected chi connectivity index (χ4v) is 11.0. The Kier molecular flexibility index (Phi) is 10.5. The second-order valence-electron chi connectivity index (χ2n) is 18.2. The first-order valence-corrected chi connectivity index (χ1v) is 22.4. The molecule has 0 unspecified atom stereocenters. The molecule has 0 radical (unpaired) electrons. The zero-order chi connectivity index (χ0) is 42.9. The normalized spacial score (nSPS) is 27.1. The molecule has 6 aromatic rings. The molecule has 63 heavy (non-hydrogen) atoms. The number of aromatic nitrogens is 9. The van der Waals surface area contributed by atoms with Gasteiger partial charge in [-0.05, 0) is 88.3 Å². The number of halogens is 2. The maximum atomic E-state index is 14.5. The predicted octanol–water partition coefficient (Wildman–Crippen LogP) is 5.24. The highest BCUT2D eigenvalue weighted by molar-refractivity contribution is 6.12. The van der Waals surface area contributed by atoms with Gasteiger partial charge >= 0.3 is 0 Å². The molecular formula is C44H53F2N13O4. The number of hydrogen-bond acceptors (Lipinski definition) is 12. The van der Waals surface area contributed by atoms with Gasteiger partial charge < -0.3 is 30.1 Å². The van der Waals surface area contributed by atoms with Crippen LogP contribution in [-0.2, 0) is 4.74 Å². The summed E-state index contributed by atoms with van der Waals surface area (Å²) in [5.41, 5.74) is 4.12. The predicted molar refractivity (Wildman–Crippen MR) is 228 cm³/mol. The number of aliphatic hydroxyl groups is 2. The summed E-state index contributed by atoms with van der Waals surface area (Å²) in [6.45, 7) is 6.12. The van der Waals surface area contributed by atoms with Crippen LogP contribution >= 0.6 is 0 Å². The van der Waals surface area contributed by atoms with E-state index in [1.807, 2.05) is 29.9 Å². The van der Waals surface area contributed by atoms with Crippen LogP contribution in [0.15, 0.2) is 55.2 Å². The molecule has 11 rings (SSSR count). The number of hydrogen-bond donors (Lipinski definition) is 4. The van der Waals surface area contributed by atoms with Gasteiger partial charge in [0, 0.05) is 61.9 Å². The average Bonchev–Trinajstić information content (AvgIpc) is 4.16. The first-order valence-electron chi connectivity index (χ1n) is 22.4. The number of amides is 1. The Morgan fingerprint density at radius 1 is 0.968 bits per heavy atom. The highest BCUT2D eigenvalue weighted by Crippen LogP contribution is 2.39. The number of nitrogens with zero attached hydrogens (tertiary/aromatic N) is 11. The number of aryl methyl sites for hydroxylation is 1. The quantitative estimate of drug-likeness (QED) is 0.141. The maximum absolute atomic E-state index is 14.5. The van der Waals surface area contributed by atoms with E-state index < -0.39 is 30.5 Å². The SMILES string of the molecule is Cc1nn([C@@H]2CC[C@@H](O)N[C@@H]2O)c2cccc(-c3cnn(C4CCN(CC5CCC(n6cc(NC(=O)c7c(N8C[C@H]9C[C@@H]8CO9)nn8cccnc78)c(C(F)F)n6)CC5)CC4)c3)c12. The number of anilines is 2. The molecule has 4 N–H and O–H groups in total. The van der Waals surface area contributed by atoms with Gasteiger partial charge in [-0.15, -0.1) is 5.10 Å². The van der Waals surface area contributed by atoms with Crippen LogP contribution in [0.2, 0.25) is 0 Å². The van der Waals surface area contributed by atoms with Crippen LogP contribution in [0.3, 0.4) is 0 Å². The zero-order valence-corrected chi connectivity index (χ0v) is 35.2. The largest absolute Gasteiger partial charge is 0.379 e. The lowest BCUT2D eigenvalue weighted by Gasteiger charge is -2.36. The lowest BCUT2D eigenvalue weighted by atomic mass is 9.85. The standard InChI is InChI=1S/C44H53F2N13O4/c1-25-37-32(4-2-5-34(37)59(51-25)35-10-11-36(60)50-43(35)61)27-19-48-57(21-27)29-12-16-54(17-13-29)20-26-6-8-28(9-7-26)58-23-33(39(52-58)40(45)46)49-44(62)38-41-47-14-3-15-56(41)53-42(38)55-22-31-18-30(55)24-63-31/h2-5,14-15,19,21,23,26,28-31,35-36,40,43,50,60-61H,6-13,16-18,20,22,24H2,1H3,(H,49,62)/t26?,28?,30-,31-,35-,36-,43-/m1/s1. The molecule has 4 saturated heterocycles. The van der Waals surface area contributed by atoms with Crippen molar-refractivity contribution in [1.82, 2.24) is 54.2 Å². The number of piperidine rings is 2. The minimum Gasteiger partial charge on any atom is -0.379 e. The molecule has 17 nitrogen and oxygen atoms in total. The molecule has 5 aliphatic rings. The number of morpholine rings is 1. The fourth-order valence-electron chi connectivity index (χ4n) is 11.0. The van der Waals surface area contributed by atoms with E-state index in [1.54, 1.807) is 33.9 Å². The van der Waals surface area contributed by atoms with Crippen LogP contribution in [0.25, 0.3) is 27.7 Å². The zero-order valence-electron chi connectivity index (χ0n) is 35.2. The molecule has 5 atom stereocenters. The Hall–Kier alpha value is -5.34. The molecule has 5 aromatic heterocycles. The van der Waals surface area contributed by atoms with Crippen LogP contribution in [0, 0.1) is 12.8 Å². The Morgan fingerprint density at radius 3 is 2.56 bits per heavy atom. The number of likely N-dealkylation sites (tertiary alicyclic amines) is 1. The first-order chi connectivity index (χ1) is 30.6. The van der Waals surface area contributed by atoms with Gasteiger partial charge in [0.2, 0.25) is 0 Å². The number of aliphatic hydroxyl groups excluding tert-OH is 2. The van der Waals surface area contributed by atoms with E-state index in [-0.39, 0.29) is 35.5 Å². The van der Waals surface area contributed by atoms with Crippen molar-refractivity contribution in [3.05, 3.63) is 72.2 Å².